The number of amides is 1. The molecule has 1 heterocycles. The first-order valence-corrected chi connectivity index (χ1v) is 9.51. The SMILES string of the molecule is CN1CCN(C(CNC(=O)c2cccc(Cl)c2)c2ccccc2Cl)CC1. The van der Waals surface area contributed by atoms with Gasteiger partial charge in [0.25, 0.3) is 5.91 Å². The molecule has 0 bridgehead atoms. The summed E-state index contributed by atoms with van der Waals surface area (Å²) in [5, 5.41) is 4.33. The number of hydrogen-bond acceptors (Lipinski definition) is 3. The minimum Gasteiger partial charge on any atom is -0.350 e. The Bertz CT molecular complexity index is 760. The number of hydrogen-bond donors (Lipinski definition) is 1. The van der Waals surface area contributed by atoms with Gasteiger partial charge in [-0.1, -0.05) is 47.5 Å². The quantitative estimate of drug-likeness (QED) is 0.843. The van der Waals surface area contributed by atoms with Gasteiger partial charge in [-0.15, -0.1) is 0 Å². The van der Waals surface area contributed by atoms with Gasteiger partial charge in [-0.25, -0.2) is 0 Å². The van der Waals surface area contributed by atoms with Gasteiger partial charge in [-0.05, 0) is 36.9 Å². The van der Waals surface area contributed by atoms with Gasteiger partial charge < -0.3 is 10.2 Å². The molecular weight excluding hydrogens is 369 g/mol. The van der Waals surface area contributed by atoms with E-state index in [0.717, 1.165) is 36.8 Å². The number of carbonyl (C=O) groups is 1. The summed E-state index contributed by atoms with van der Waals surface area (Å²) >= 11 is 12.4. The monoisotopic (exact) mass is 391 g/mol. The molecule has 1 atom stereocenters. The van der Waals surface area contributed by atoms with Crippen LogP contribution in [0.2, 0.25) is 10.0 Å². The molecule has 1 amide bonds. The van der Waals surface area contributed by atoms with Crippen LogP contribution in [0, 0.1) is 0 Å². The molecule has 0 aliphatic carbocycles. The summed E-state index contributed by atoms with van der Waals surface area (Å²) in [6.07, 6.45) is 0. The van der Waals surface area contributed by atoms with Crippen molar-refractivity contribution in [2.24, 2.45) is 0 Å². The number of rotatable bonds is 5. The van der Waals surface area contributed by atoms with Crippen molar-refractivity contribution in [3.05, 3.63) is 69.7 Å². The third-order valence-electron chi connectivity index (χ3n) is 4.79. The zero-order valence-electron chi connectivity index (χ0n) is 14.8. The van der Waals surface area contributed by atoms with Crippen LogP contribution in [0.3, 0.4) is 0 Å². The van der Waals surface area contributed by atoms with Crippen LogP contribution in [0.5, 0.6) is 0 Å². The van der Waals surface area contributed by atoms with Gasteiger partial charge in [0.2, 0.25) is 0 Å². The molecule has 1 unspecified atom stereocenters. The zero-order chi connectivity index (χ0) is 18.5. The van der Waals surface area contributed by atoms with Crippen molar-refractivity contribution in [3.63, 3.8) is 0 Å². The Labute approximate surface area is 164 Å². The maximum Gasteiger partial charge on any atom is 0.251 e. The molecule has 6 heteroatoms. The van der Waals surface area contributed by atoms with Crippen molar-refractivity contribution >= 4 is 29.1 Å². The second kappa shape index (κ2) is 8.87. The van der Waals surface area contributed by atoms with Gasteiger partial charge >= 0.3 is 0 Å². The van der Waals surface area contributed by atoms with Crippen molar-refractivity contribution in [1.29, 1.82) is 0 Å². The third-order valence-corrected chi connectivity index (χ3v) is 5.36. The standard InChI is InChI=1S/C20H23Cl2N3O/c1-24-9-11-25(12-10-24)19(17-7-2-3-8-18(17)22)14-23-20(26)15-5-4-6-16(21)13-15/h2-8,13,19H,9-12,14H2,1H3,(H,23,26). The molecule has 0 spiro atoms. The van der Waals surface area contributed by atoms with Crippen molar-refractivity contribution in [1.82, 2.24) is 15.1 Å². The Hall–Kier alpha value is -1.59. The summed E-state index contributed by atoms with van der Waals surface area (Å²) in [5.74, 6) is -0.126. The topological polar surface area (TPSA) is 35.6 Å². The van der Waals surface area contributed by atoms with Crippen LogP contribution in [0.4, 0.5) is 0 Å². The predicted octanol–water partition coefficient (Wildman–Crippen LogP) is 3.71. The number of nitrogens with one attached hydrogen (secondary N) is 1. The van der Waals surface area contributed by atoms with E-state index in [0.29, 0.717) is 17.1 Å². The van der Waals surface area contributed by atoms with Gasteiger partial charge in [0.15, 0.2) is 0 Å². The Morgan fingerprint density at radius 2 is 1.81 bits per heavy atom. The van der Waals surface area contributed by atoms with Crippen molar-refractivity contribution < 1.29 is 4.79 Å². The van der Waals surface area contributed by atoms with Gasteiger partial charge in [0.05, 0.1) is 6.04 Å². The highest BCUT2D eigenvalue weighted by atomic mass is 35.5. The van der Waals surface area contributed by atoms with Crippen molar-refractivity contribution in [2.45, 2.75) is 6.04 Å². The largest absolute Gasteiger partial charge is 0.350 e. The number of piperazine rings is 1. The van der Waals surface area contributed by atoms with Gasteiger partial charge in [0, 0.05) is 48.3 Å². The summed E-state index contributed by atoms with van der Waals surface area (Å²) < 4.78 is 0. The molecule has 1 aliphatic rings. The second-order valence-electron chi connectivity index (χ2n) is 6.60. The highest BCUT2D eigenvalue weighted by Crippen LogP contribution is 2.28. The average Bonchev–Trinajstić information content (AvgIpc) is 2.64. The van der Waals surface area contributed by atoms with Crippen LogP contribution in [0.25, 0.3) is 0 Å². The Balaban J connectivity index is 1.75. The molecule has 0 saturated carbocycles. The van der Waals surface area contributed by atoms with Crippen LogP contribution < -0.4 is 5.32 Å². The first-order chi connectivity index (χ1) is 12.5. The van der Waals surface area contributed by atoms with E-state index in [-0.39, 0.29) is 11.9 Å². The maximum atomic E-state index is 12.5. The van der Waals surface area contributed by atoms with Crippen LogP contribution >= 0.6 is 23.2 Å². The minimum absolute atomic E-state index is 0.0422. The number of benzene rings is 2. The number of likely N-dealkylation sites (N-methyl/N-ethyl adjacent to an activating group) is 1. The van der Waals surface area contributed by atoms with E-state index in [1.54, 1.807) is 24.3 Å². The molecule has 2 aromatic rings. The van der Waals surface area contributed by atoms with Gasteiger partial charge in [-0.3, -0.25) is 9.69 Å². The van der Waals surface area contributed by atoms with E-state index < -0.39 is 0 Å². The summed E-state index contributed by atoms with van der Waals surface area (Å²) in [6, 6.07) is 14.9. The molecule has 1 aliphatic heterocycles. The fourth-order valence-corrected chi connectivity index (χ4v) is 3.69. The lowest BCUT2D eigenvalue weighted by Gasteiger charge is -2.38. The number of nitrogens with zero attached hydrogens (tertiary/aromatic N) is 2. The lowest BCUT2D eigenvalue weighted by molar-refractivity contribution is 0.0886. The predicted molar refractivity (Wildman–Crippen MR) is 107 cm³/mol. The van der Waals surface area contributed by atoms with E-state index in [4.69, 9.17) is 23.2 Å². The molecule has 3 rings (SSSR count). The summed E-state index contributed by atoms with van der Waals surface area (Å²) in [6.45, 7) is 4.39. The van der Waals surface area contributed by atoms with Crippen LogP contribution in [0.15, 0.2) is 48.5 Å². The minimum atomic E-state index is -0.126. The average molecular weight is 392 g/mol. The molecule has 1 fully saturated rings. The molecule has 1 N–H and O–H groups in total. The summed E-state index contributed by atoms with van der Waals surface area (Å²) in [7, 11) is 2.13. The second-order valence-corrected chi connectivity index (χ2v) is 7.44. The molecule has 0 radical (unpaired) electrons. The van der Waals surface area contributed by atoms with E-state index in [1.807, 2.05) is 24.3 Å². The summed E-state index contributed by atoms with van der Waals surface area (Å²) in [4.78, 5) is 17.2. The molecule has 138 valence electrons. The van der Waals surface area contributed by atoms with Gasteiger partial charge in [-0.2, -0.15) is 0 Å². The van der Waals surface area contributed by atoms with E-state index in [2.05, 4.69) is 22.2 Å². The fraction of sp³-hybridized carbons (Fsp3) is 0.350. The third kappa shape index (κ3) is 4.77. The fourth-order valence-electron chi connectivity index (χ4n) is 3.24. The maximum absolute atomic E-state index is 12.5. The van der Waals surface area contributed by atoms with Crippen LogP contribution in [0.1, 0.15) is 22.0 Å². The first kappa shape index (κ1) is 19.2. The van der Waals surface area contributed by atoms with E-state index >= 15 is 0 Å². The highest BCUT2D eigenvalue weighted by Gasteiger charge is 2.26. The Morgan fingerprint density at radius 3 is 2.50 bits per heavy atom. The van der Waals surface area contributed by atoms with Gasteiger partial charge in [0.1, 0.15) is 0 Å². The highest BCUT2D eigenvalue weighted by molar-refractivity contribution is 6.31. The number of halogens is 2. The van der Waals surface area contributed by atoms with Crippen LogP contribution in [-0.4, -0.2) is 55.5 Å². The van der Waals surface area contributed by atoms with Crippen molar-refractivity contribution in [2.75, 3.05) is 39.8 Å². The molecule has 26 heavy (non-hydrogen) atoms. The Morgan fingerprint density at radius 1 is 1.08 bits per heavy atom. The Kier molecular flexibility index (Phi) is 6.54. The normalized spacial score (nSPS) is 17.0. The first-order valence-electron chi connectivity index (χ1n) is 8.75. The smallest absolute Gasteiger partial charge is 0.251 e. The lowest BCUT2D eigenvalue weighted by atomic mass is 10.0. The number of carbonyl (C=O) groups excluding carboxylic acids is 1. The molecular formula is C20H23Cl2N3O. The van der Waals surface area contributed by atoms with E-state index in [9.17, 15) is 4.79 Å². The molecule has 0 aromatic heterocycles. The molecule has 2 aromatic carbocycles. The molecule has 1 saturated heterocycles. The summed E-state index contributed by atoms with van der Waals surface area (Å²) in [5.41, 5.74) is 1.61. The van der Waals surface area contributed by atoms with Crippen LogP contribution in [-0.2, 0) is 0 Å². The van der Waals surface area contributed by atoms with Crippen molar-refractivity contribution in [3.8, 4) is 0 Å². The zero-order valence-corrected chi connectivity index (χ0v) is 16.3. The lowest BCUT2D eigenvalue weighted by Crippen LogP contribution is -2.48. The molecule has 4 nitrogen and oxygen atoms in total. The van der Waals surface area contributed by atoms with E-state index in [1.165, 1.54) is 0 Å².